The Morgan fingerprint density at radius 3 is 2.75 bits per heavy atom. The summed E-state index contributed by atoms with van der Waals surface area (Å²) < 4.78 is 13.8. The molecule has 0 spiro atoms. The minimum atomic E-state index is -0.671. The number of hydrogen-bond acceptors (Lipinski definition) is 2. The first-order chi connectivity index (χ1) is 9.58. The average Bonchev–Trinajstić information content (AvgIpc) is 2.81. The Hall–Kier alpha value is -0.580. The third-order valence-electron chi connectivity index (χ3n) is 3.78. The van der Waals surface area contributed by atoms with E-state index < -0.39 is 10.8 Å². The van der Waals surface area contributed by atoms with Crippen LogP contribution in [0.2, 0.25) is 5.02 Å². The van der Waals surface area contributed by atoms with Gasteiger partial charge in [0.2, 0.25) is 0 Å². The summed E-state index contributed by atoms with van der Waals surface area (Å²) in [6.07, 6.45) is 1.81. The molecular formula is C14H16Cl2N2OS. The van der Waals surface area contributed by atoms with Gasteiger partial charge in [-0.3, -0.25) is 4.21 Å². The number of alkyl halides is 1. The molecule has 0 bridgehead atoms. The lowest BCUT2D eigenvalue weighted by molar-refractivity contribution is 0.457. The lowest BCUT2D eigenvalue weighted by atomic mass is 10.1. The molecule has 1 aliphatic heterocycles. The Labute approximate surface area is 130 Å². The molecule has 3 nitrogen and oxygen atoms in total. The zero-order chi connectivity index (χ0) is 14.3. The van der Waals surface area contributed by atoms with E-state index in [-0.39, 0.29) is 5.38 Å². The summed E-state index contributed by atoms with van der Waals surface area (Å²) in [5.74, 6) is 2.36. The monoisotopic (exact) mass is 330 g/mol. The van der Waals surface area contributed by atoms with Crippen LogP contribution in [0.5, 0.6) is 0 Å². The molecule has 1 aliphatic rings. The molecule has 1 aromatic carbocycles. The molecule has 0 saturated carbocycles. The predicted molar refractivity (Wildman–Crippen MR) is 85.2 cm³/mol. The molecule has 6 heteroatoms. The van der Waals surface area contributed by atoms with Crippen molar-refractivity contribution >= 4 is 45.0 Å². The maximum absolute atomic E-state index is 11.6. The van der Waals surface area contributed by atoms with Crippen LogP contribution in [0.1, 0.15) is 37.0 Å². The molecule has 20 heavy (non-hydrogen) atoms. The van der Waals surface area contributed by atoms with E-state index in [9.17, 15) is 4.21 Å². The fourth-order valence-corrected chi connectivity index (χ4v) is 4.44. The highest BCUT2D eigenvalue weighted by molar-refractivity contribution is 7.85. The standard InChI is InChI=1S/C14H16Cl2N2OS/c1-9(15)14-17-13-11(16)3-2-4-12(13)18(14)10-5-7-20(19)8-6-10/h2-4,9-10H,5-8H2,1H3. The van der Waals surface area contributed by atoms with Crippen molar-refractivity contribution in [2.75, 3.05) is 11.5 Å². The minimum absolute atomic E-state index is 0.175. The van der Waals surface area contributed by atoms with E-state index in [4.69, 9.17) is 23.2 Å². The van der Waals surface area contributed by atoms with Gasteiger partial charge in [0.15, 0.2) is 0 Å². The Kier molecular flexibility index (Phi) is 4.07. The first kappa shape index (κ1) is 14.4. The smallest absolute Gasteiger partial charge is 0.128 e. The fourth-order valence-electron chi connectivity index (χ4n) is 2.80. The van der Waals surface area contributed by atoms with Crippen molar-refractivity contribution in [2.45, 2.75) is 31.2 Å². The highest BCUT2D eigenvalue weighted by Gasteiger charge is 2.25. The maximum Gasteiger partial charge on any atom is 0.128 e. The molecule has 1 unspecified atom stereocenters. The summed E-state index contributed by atoms with van der Waals surface area (Å²) in [4.78, 5) is 4.63. The molecule has 0 aliphatic carbocycles. The predicted octanol–water partition coefficient (Wildman–Crippen LogP) is 4.07. The number of fused-ring (bicyclic) bond motifs is 1. The van der Waals surface area contributed by atoms with Gasteiger partial charge in [-0.05, 0) is 31.9 Å². The van der Waals surface area contributed by atoms with Crippen LogP contribution in [0, 0.1) is 0 Å². The number of aromatic nitrogens is 2. The molecule has 1 saturated heterocycles. The van der Waals surface area contributed by atoms with Crippen molar-refractivity contribution in [3.8, 4) is 0 Å². The van der Waals surface area contributed by atoms with Crippen LogP contribution in [0.15, 0.2) is 18.2 Å². The van der Waals surface area contributed by atoms with Crippen LogP contribution in [-0.4, -0.2) is 25.3 Å². The van der Waals surface area contributed by atoms with Crippen molar-refractivity contribution in [1.29, 1.82) is 0 Å². The van der Waals surface area contributed by atoms with Gasteiger partial charge in [-0.1, -0.05) is 17.7 Å². The van der Waals surface area contributed by atoms with Crippen molar-refractivity contribution < 1.29 is 4.21 Å². The van der Waals surface area contributed by atoms with Crippen molar-refractivity contribution in [3.63, 3.8) is 0 Å². The van der Waals surface area contributed by atoms with Gasteiger partial charge >= 0.3 is 0 Å². The van der Waals surface area contributed by atoms with E-state index >= 15 is 0 Å². The first-order valence-corrected chi connectivity index (χ1v) is 9.03. The highest BCUT2D eigenvalue weighted by Crippen LogP contribution is 2.34. The van der Waals surface area contributed by atoms with E-state index in [1.165, 1.54) is 0 Å². The van der Waals surface area contributed by atoms with Gasteiger partial charge in [-0.2, -0.15) is 0 Å². The van der Waals surface area contributed by atoms with E-state index in [0.717, 1.165) is 41.2 Å². The summed E-state index contributed by atoms with van der Waals surface area (Å²) >= 11 is 12.5. The van der Waals surface area contributed by atoms with Crippen molar-refractivity contribution in [3.05, 3.63) is 29.0 Å². The SMILES string of the molecule is CC(Cl)c1nc2c(Cl)cccc2n1C1CCS(=O)CC1. The third kappa shape index (κ3) is 2.49. The van der Waals surface area contributed by atoms with E-state index in [0.29, 0.717) is 11.1 Å². The number of rotatable bonds is 2. The second-order valence-electron chi connectivity index (χ2n) is 5.14. The van der Waals surface area contributed by atoms with Gasteiger partial charge in [-0.25, -0.2) is 4.98 Å². The topological polar surface area (TPSA) is 34.9 Å². The van der Waals surface area contributed by atoms with Crippen LogP contribution in [0.25, 0.3) is 11.0 Å². The lowest BCUT2D eigenvalue weighted by Gasteiger charge is -2.25. The average molecular weight is 331 g/mol. The maximum atomic E-state index is 11.6. The first-order valence-electron chi connectivity index (χ1n) is 6.73. The Morgan fingerprint density at radius 1 is 1.40 bits per heavy atom. The minimum Gasteiger partial charge on any atom is -0.324 e. The molecule has 1 atom stereocenters. The lowest BCUT2D eigenvalue weighted by Crippen LogP contribution is -2.23. The number of para-hydroxylation sites is 1. The number of halogens is 2. The van der Waals surface area contributed by atoms with Gasteiger partial charge in [-0.15, -0.1) is 11.6 Å². The Morgan fingerprint density at radius 2 is 2.10 bits per heavy atom. The number of imidazole rings is 1. The van der Waals surface area contributed by atoms with E-state index in [2.05, 4.69) is 9.55 Å². The third-order valence-corrected chi connectivity index (χ3v) is 5.66. The fraction of sp³-hybridized carbons (Fsp3) is 0.500. The highest BCUT2D eigenvalue weighted by atomic mass is 35.5. The summed E-state index contributed by atoms with van der Waals surface area (Å²) in [6.45, 7) is 1.92. The molecule has 3 rings (SSSR count). The van der Waals surface area contributed by atoms with Crippen LogP contribution < -0.4 is 0 Å². The molecule has 0 radical (unpaired) electrons. The van der Waals surface area contributed by atoms with Crippen molar-refractivity contribution in [2.24, 2.45) is 0 Å². The summed E-state index contributed by atoms with van der Waals surface area (Å²) in [5, 5.41) is 0.477. The summed E-state index contributed by atoms with van der Waals surface area (Å²) in [6, 6.07) is 6.13. The number of hydrogen-bond donors (Lipinski definition) is 0. The largest absolute Gasteiger partial charge is 0.324 e. The van der Waals surface area contributed by atoms with Gasteiger partial charge in [0, 0.05) is 28.3 Å². The molecular weight excluding hydrogens is 315 g/mol. The van der Waals surface area contributed by atoms with Gasteiger partial charge in [0.25, 0.3) is 0 Å². The molecule has 1 fully saturated rings. The molecule has 2 aromatic rings. The summed E-state index contributed by atoms with van der Waals surface area (Å²) in [7, 11) is -0.671. The molecule has 0 amide bonds. The zero-order valence-electron chi connectivity index (χ0n) is 11.2. The van der Waals surface area contributed by atoms with E-state index in [1.54, 1.807) is 0 Å². The summed E-state index contributed by atoms with van der Waals surface area (Å²) in [5.41, 5.74) is 1.83. The van der Waals surface area contributed by atoms with Crippen LogP contribution in [0.4, 0.5) is 0 Å². The molecule has 1 aromatic heterocycles. The van der Waals surface area contributed by atoms with Gasteiger partial charge < -0.3 is 4.57 Å². The van der Waals surface area contributed by atoms with Crippen LogP contribution >= 0.6 is 23.2 Å². The number of benzene rings is 1. The van der Waals surface area contributed by atoms with Gasteiger partial charge in [0.05, 0.1) is 15.9 Å². The van der Waals surface area contributed by atoms with Crippen LogP contribution in [-0.2, 0) is 10.8 Å². The Bertz CT molecular complexity index is 658. The normalized spacial score (nSPS) is 24.9. The van der Waals surface area contributed by atoms with E-state index in [1.807, 2.05) is 25.1 Å². The number of nitrogens with zero attached hydrogens (tertiary/aromatic N) is 2. The molecule has 2 heterocycles. The molecule has 108 valence electrons. The zero-order valence-corrected chi connectivity index (χ0v) is 13.5. The second-order valence-corrected chi connectivity index (χ2v) is 7.90. The quantitative estimate of drug-likeness (QED) is 0.778. The second kappa shape index (κ2) is 5.66. The van der Waals surface area contributed by atoms with Crippen molar-refractivity contribution in [1.82, 2.24) is 9.55 Å². The van der Waals surface area contributed by atoms with Gasteiger partial charge in [0.1, 0.15) is 11.3 Å². The van der Waals surface area contributed by atoms with Crippen LogP contribution in [0.3, 0.4) is 0 Å². The Balaban J connectivity index is 2.14. The molecule has 0 N–H and O–H groups in total.